The molecule has 0 radical (unpaired) electrons. The minimum Gasteiger partial charge on any atom is -0.466 e. The highest BCUT2D eigenvalue weighted by Crippen LogP contribution is 2.28. The van der Waals surface area contributed by atoms with Gasteiger partial charge in [0.25, 0.3) is 0 Å². The summed E-state index contributed by atoms with van der Waals surface area (Å²) in [7, 11) is 0. The van der Waals surface area contributed by atoms with Crippen molar-refractivity contribution >= 4 is 22.6 Å². The lowest BCUT2D eigenvalue weighted by Crippen LogP contribution is -2.39. The summed E-state index contributed by atoms with van der Waals surface area (Å²) >= 11 is 0. The van der Waals surface area contributed by atoms with Crippen LogP contribution >= 0.6 is 0 Å². The predicted molar refractivity (Wildman–Crippen MR) is 83.3 cm³/mol. The largest absolute Gasteiger partial charge is 0.466 e. The number of carbonyl (C=O) groups is 1. The third-order valence-electron chi connectivity index (χ3n) is 3.99. The van der Waals surface area contributed by atoms with Crippen molar-refractivity contribution in [1.82, 2.24) is 4.98 Å². The van der Waals surface area contributed by atoms with Gasteiger partial charge in [-0.25, -0.2) is 4.98 Å². The Kier molecular flexibility index (Phi) is 4.04. The maximum Gasteiger partial charge on any atom is 0.310 e. The van der Waals surface area contributed by atoms with Crippen molar-refractivity contribution in [2.75, 3.05) is 24.6 Å². The van der Waals surface area contributed by atoms with E-state index in [0.717, 1.165) is 30.6 Å². The van der Waals surface area contributed by atoms with E-state index in [1.54, 1.807) is 0 Å². The molecular formula is C17H20N2O2. The third-order valence-corrected chi connectivity index (χ3v) is 3.99. The zero-order valence-corrected chi connectivity index (χ0v) is 12.3. The first-order chi connectivity index (χ1) is 10.3. The molecule has 4 heteroatoms. The maximum atomic E-state index is 12.0. The van der Waals surface area contributed by atoms with Crippen molar-refractivity contribution in [2.24, 2.45) is 5.92 Å². The van der Waals surface area contributed by atoms with Gasteiger partial charge in [-0.1, -0.05) is 24.3 Å². The number of esters is 1. The van der Waals surface area contributed by atoms with E-state index in [1.807, 2.05) is 31.3 Å². The molecule has 0 spiro atoms. The van der Waals surface area contributed by atoms with E-state index in [-0.39, 0.29) is 11.9 Å². The van der Waals surface area contributed by atoms with Gasteiger partial charge in [0.15, 0.2) is 0 Å². The van der Waals surface area contributed by atoms with Crippen LogP contribution in [0.3, 0.4) is 0 Å². The van der Waals surface area contributed by atoms with Gasteiger partial charge in [0, 0.05) is 24.7 Å². The molecule has 0 saturated carbocycles. The Morgan fingerprint density at radius 3 is 3.10 bits per heavy atom. The molecule has 4 nitrogen and oxygen atoms in total. The fraction of sp³-hybridized carbons (Fsp3) is 0.412. The molecular weight excluding hydrogens is 264 g/mol. The lowest BCUT2D eigenvalue weighted by molar-refractivity contribution is -0.148. The molecule has 2 heterocycles. The molecule has 1 aliphatic rings. The van der Waals surface area contributed by atoms with Crippen LogP contribution in [0.4, 0.5) is 5.82 Å². The summed E-state index contributed by atoms with van der Waals surface area (Å²) < 4.78 is 5.17. The van der Waals surface area contributed by atoms with Crippen LogP contribution in [0.1, 0.15) is 19.8 Å². The number of ether oxygens (including phenoxy) is 1. The molecule has 110 valence electrons. The van der Waals surface area contributed by atoms with Gasteiger partial charge in [-0.15, -0.1) is 0 Å². The lowest BCUT2D eigenvalue weighted by Gasteiger charge is -2.33. The summed E-state index contributed by atoms with van der Waals surface area (Å²) in [6.45, 7) is 3.93. The molecule has 0 amide bonds. The highest BCUT2D eigenvalue weighted by atomic mass is 16.5. The second kappa shape index (κ2) is 6.12. The standard InChI is InChI=1S/C17H20N2O2/c1-2-21-17(20)14-7-5-11-19(12-14)16-15-8-4-3-6-13(15)9-10-18-16/h3-4,6,8-10,14H,2,5,7,11-12H2,1H3. The molecule has 1 aromatic carbocycles. The van der Waals surface area contributed by atoms with E-state index in [4.69, 9.17) is 4.74 Å². The molecule has 1 atom stereocenters. The van der Waals surface area contributed by atoms with Gasteiger partial charge in [-0.05, 0) is 31.2 Å². The molecule has 1 saturated heterocycles. The van der Waals surface area contributed by atoms with Crippen molar-refractivity contribution in [3.8, 4) is 0 Å². The fourth-order valence-electron chi connectivity index (χ4n) is 2.98. The summed E-state index contributed by atoms with van der Waals surface area (Å²) in [5.74, 6) is 0.851. The van der Waals surface area contributed by atoms with Crippen LogP contribution in [0.5, 0.6) is 0 Å². The number of pyridine rings is 1. The van der Waals surface area contributed by atoms with Gasteiger partial charge in [0.2, 0.25) is 0 Å². The Bertz CT molecular complexity index is 636. The third kappa shape index (κ3) is 2.84. The van der Waals surface area contributed by atoms with E-state index >= 15 is 0 Å². The SMILES string of the molecule is CCOC(=O)C1CCCN(c2nccc3ccccc23)C1. The number of carbonyl (C=O) groups excluding carboxylic acids is 1. The van der Waals surface area contributed by atoms with Crippen LogP contribution in [0.2, 0.25) is 0 Å². The molecule has 1 aromatic heterocycles. The lowest BCUT2D eigenvalue weighted by atomic mass is 9.97. The average molecular weight is 284 g/mol. The Hall–Kier alpha value is -2.10. The van der Waals surface area contributed by atoms with Gasteiger partial charge in [-0.3, -0.25) is 4.79 Å². The van der Waals surface area contributed by atoms with Gasteiger partial charge in [0.05, 0.1) is 12.5 Å². The number of anilines is 1. The average Bonchev–Trinajstić information content (AvgIpc) is 2.55. The number of piperidine rings is 1. The van der Waals surface area contributed by atoms with Crippen molar-refractivity contribution in [3.05, 3.63) is 36.5 Å². The predicted octanol–water partition coefficient (Wildman–Crippen LogP) is 3.01. The first-order valence-electron chi connectivity index (χ1n) is 7.55. The second-order valence-corrected chi connectivity index (χ2v) is 5.39. The smallest absolute Gasteiger partial charge is 0.310 e. The van der Waals surface area contributed by atoms with Crippen LogP contribution in [-0.2, 0) is 9.53 Å². The summed E-state index contributed by atoms with van der Waals surface area (Å²) in [5, 5.41) is 2.32. The molecule has 2 aromatic rings. The Morgan fingerprint density at radius 1 is 1.38 bits per heavy atom. The summed E-state index contributed by atoms with van der Waals surface area (Å²) in [6, 6.07) is 10.3. The molecule has 3 rings (SSSR count). The molecule has 1 unspecified atom stereocenters. The van der Waals surface area contributed by atoms with E-state index in [1.165, 1.54) is 5.39 Å². The molecule has 0 N–H and O–H groups in total. The van der Waals surface area contributed by atoms with Gasteiger partial charge < -0.3 is 9.64 Å². The highest BCUT2D eigenvalue weighted by Gasteiger charge is 2.28. The summed E-state index contributed by atoms with van der Waals surface area (Å²) in [5.41, 5.74) is 0. The first kappa shape index (κ1) is 13.9. The topological polar surface area (TPSA) is 42.4 Å². The summed E-state index contributed by atoms with van der Waals surface area (Å²) in [4.78, 5) is 18.7. The number of nitrogens with zero attached hydrogens (tertiary/aromatic N) is 2. The minimum atomic E-state index is -0.0811. The quantitative estimate of drug-likeness (QED) is 0.813. The number of aromatic nitrogens is 1. The maximum absolute atomic E-state index is 12.0. The van der Waals surface area contributed by atoms with E-state index in [9.17, 15) is 4.79 Å². The minimum absolute atomic E-state index is 0.0422. The highest BCUT2D eigenvalue weighted by molar-refractivity contribution is 5.92. The van der Waals surface area contributed by atoms with E-state index < -0.39 is 0 Å². The van der Waals surface area contributed by atoms with Crippen LogP contribution in [0.25, 0.3) is 10.8 Å². The molecule has 0 bridgehead atoms. The van der Waals surface area contributed by atoms with Gasteiger partial charge in [0.1, 0.15) is 5.82 Å². The molecule has 1 fully saturated rings. The van der Waals surface area contributed by atoms with Crippen LogP contribution in [-0.4, -0.2) is 30.6 Å². The zero-order chi connectivity index (χ0) is 14.7. The van der Waals surface area contributed by atoms with Crippen molar-refractivity contribution < 1.29 is 9.53 Å². The van der Waals surface area contributed by atoms with Crippen molar-refractivity contribution in [1.29, 1.82) is 0 Å². The van der Waals surface area contributed by atoms with Gasteiger partial charge >= 0.3 is 5.97 Å². The Balaban J connectivity index is 1.87. The monoisotopic (exact) mass is 284 g/mol. The first-order valence-corrected chi connectivity index (χ1v) is 7.55. The van der Waals surface area contributed by atoms with E-state index in [2.05, 4.69) is 22.0 Å². The van der Waals surface area contributed by atoms with Crippen molar-refractivity contribution in [3.63, 3.8) is 0 Å². The van der Waals surface area contributed by atoms with Gasteiger partial charge in [-0.2, -0.15) is 0 Å². The van der Waals surface area contributed by atoms with Crippen LogP contribution in [0, 0.1) is 5.92 Å². The Morgan fingerprint density at radius 2 is 2.24 bits per heavy atom. The number of fused-ring (bicyclic) bond motifs is 1. The molecule has 0 aliphatic carbocycles. The number of rotatable bonds is 3. The Labute approximate surface area is 124 Å². The second-order valence-electron chi connectivity index (χ2n) is 5.39. The fourth-order valence-corrected chi connectivity index (χ4v) is 2.98. The van der Waals surface area contributed by atoms with Crippen LogP contribution < -0.4 is 4.90 Å². The van der Waals surface area contributed by atoms with Crippen molar-refractivity contribution in [2.45, 2.75) is 19.8 Å². The number of hydrogen-bond donors (Lipinski definition) is 0. The normalized spacial score (nSPS) is 18.7. The zero-order valence-electron chi connectivity index (χ0n) is 12.3. The number of hydrogen-bond acceptors (Lipinski definition) is 4. The number of benzene rings is 1. The van der Waals surface area contributed by atoms with E-state index in [0.29, 0.717) is 13.2 Å². The molecule has 1 aliphatic heterocycles. The molecule has 21 heavy (non-hydrogen) atoms. The van der Waals surface area contributed by atoms with Crippen LogP contribution in [0.15, 0.2) is 36.5 Å². The summed E-state index contributed by atoms with van der Waals surface area (Å²) in [6.07, 6.45) is 3.74.